The van der Waals surface area contributed by atoms with Crippen LogP contribution < -0.4 is 21.0 Å². The molecule has 2 nitrogen and oxygen atoms in total. The van der Waals surface area contributed by atoms with E-state index in [0.29, 0.717) is 0 Å². The summed E-state index contributed by atoms with van der Waals surface area (Å²) in [6.07, 6.45) is 0. The third kappa shape index (κ3) is 2.27. The summed E-state index contributed by atoms with van der Waals surface area (Å²) in [6.45, 7) is 0. The Morgan fingerprint density at radius 1 is 0.714 bits per heavy atom. The zero-order valence-electron chi connectivity index (χ0n) is 11.4. The monoisotopic (exact) mass is 270 g/mol. The van der Waals surface area contributed by atoms with Crippen LogP contribution in [-0.4, -0.2) is 7.28 Å². The van der Waals surface area contributed by atoms with Crippen molar-refractivity contribution in [1.82, 2.24) is 0 Å². The number of benzene rings is 3. The van der Waals surface area contributed by atoms with Gasteiger partial charge in [-0.25, -0.2) is 0 Å². The molecule has 1 N–H and O–H groups in total. The van der Waals surface area contributed by atoms with Gasteiger partial charge in [0.2, 0.25) is 0 Å². The van der Waals surface area contributed by atoms with Crippen LogP contribution in [0.2, 0.25) is 0 Å². The van der Waals surface area contributed by atoms with Crippen LogP contribution in [0, 0.1) is 0 Å². The SMILES string of the molecule is [B](c1ccccc1)c1cccc2c1Nc1ccccc1O2. The lowest BCUT2D eigenvalue weighted by Crippen LogP contribution is -2.29. The van der Waals surface area contributed by atoms with Crippen molar-refractivity contribution in [2.45, 2.75) is 0 Å². The van der Waals surface area contributed by atoms with E-state index in [9.17, 15) is 0 Å². The predicted octanol–water partition coefficient (Wildman–Crippen LogP) is 3.19. The highest BCUT2D eigenvalue weighted by Crippen LogP contribution is 2.40. The summed E-state index contributed by atoms with van der Waals surface area (Å²) >= 11 is 0. The van der Waals surface area contributed by atoms with Gasteiger partial charge in [0.05, 0.1) is 11.4 Å². The summed E-state index contributed by atoms with van der Waals surface area (Å²) in [7, 11) is 2.16. The van der Waals surface area contributed by atoms with Crippen LogP contribution >= 0.6 is 0 Å². The molecule has 0 bridgehead atoms. The number of nitrogens with one attached hydrogen (secondary N) is 1. The first-order chi connectivity index (χ1) is 10.4. The van der Waals surface area contributed by atoms with Gasteiger partial charge in [0.1, 0.15) is 5.75 Å². The summed E-state index contributed by atoms with van der Waals surface area (Å²) in [5.74, 6) is 1.72. The number of para-hydroxylation sites is 3. The Labute approximate surface area is 124 Å². The fraction of sp³-hybridized carbons (Fsp3) is 0. The van der Waals surface area contributed by atoms with E-state index in [1.54, 1.807) is 0 Å². The fourth-order valence-corrected chi connectivity index (χ4v) is 2.53. The van der Waals surface area contributed by atoms with Crippen molar-refractivity contribution in [3.05, 3.63) is 72.8 Å². The Hall–Kier alpha value is -2.68. The van der Waals surface area contributed by atoms with Gasteiger partial charge >= 0.3 is 0 Å². The topological polar surface area (TPSA) is 21.3 Å². The number of anilines is 2. The van der Waals surface area contributed by atoms with Crippen molar-refractivity contribution in [3.63, 3.8) is 0 Å². The van der Waals surface area contributed by atoms with Crippen LogP contribution in [0.4, 0.5) is 11.4 Å². The lowest BCUT2D eigenvalue weighted by Gasteiger charge is -2.24. The molecule has 3 aromatic carbocycles. The van der Waals surface area contributed by atoms with Crippen molar-refractivity contribution in [3.8, 4) is 11.5 Å². The first-order valence-electron chi connectivity index (χ1n) is 6.97. The average Bonchev–Trinajstić information content (AvgIpc) is 2.54. The van der Waals surface area contributed by atoms with Crippen molar-refractivity contribution < 1.29 is 4.74 Å². The number of ether oxygens (including phenoxy) is 1. The maximum atomic E-state index is 5.97. The highest BCUT2D eigenvalue weighted by molar-refractivity contribution is 6.69. The third-order valence-electron chi connectivity index (χ3n) is 3.55. The molecular weight excluding hydrogens is 257 g/mol. The normalized spacial score (nSPS) is 11.6. The van der Waals surface area contributed by atoms with E-state index in [1.807, 2.05) is 54.6 Å². The molecule has 4 rings (SSSR count). The molecule has 0 amide bonds. The Morgan fingerprint density at radius 2 is 1.48 bits per heavy atom. The molecule has 0 saturated heterocycles. The molecule has 0 saturated carbocycles. The van der Waals surface area contributed by atoms with Crippen molar-refractivity contribution in [2.75, 3.05) is 5.32 Å². The van der Waals surface area contributed by atoms with Crippen LogP contribution in [0.5, 0.6) is 11.5 Å². The van der Waals surface area contributed by atoms with E-state index in [0.717, 1.165) is 28.3 Å². The van der Waals surface area contributed by atoms with E-state index in [2.05, 4.69) is 30.8 Å². The molecule has 3 aromatic rings. The maximum absolute atomic E-state index is 5.97. The minimum atomic E-state index is 0.860. The van der Waals surface area contributed by atoms with Gasteiger partial charge in [-0.3, -0.25) is 0 Å². The van der Waals surface area contributed by atoms with E-state index in [1.165, 1.54) is 5.46 Å². The van der Waals surface area contributed by atoms with Gasteiger partial charge in [0, 0.05) is 0 Å². The minimum Gasteiger partial charge on any atom is -0.453 e. The summed E-state index contributed by atoms with van der Waals surface area (Å²) in [5, 5.41) is 3.47. The van der Waals surface area contributed by atoms with Gasteiger partial charge in [0.15, 0.2) is 13.0 Å². The molecule has 0 spiro atoms. The second kappa shape index (κ2) is 5.02. The van der Waals surface area contributed by atoms with Crippen LogP contribution in [0.3, 0.4) is 0 Å². The molecule has 0 aliphatic carbocycles. The standard InChI is InChI=1S/C18H13BNO/c1-2-7-13(8-3-1)19-14-9-6-12-17-18(14)20-15-10-4-5-11-16(15)21-17/h1-12,20H. The highest BCUT2D eigenvalue weighted by Gasteiger charge is 2.18. The van der Waals surface area contributed by atoms with Gasteiger partial charge in [0.25, 0.3) is 0 Å². The lowest BCUT2D eigenvalue weighted by molar-refractivity contribution is 0.481. The fourth-order valence-electron chi connectivity index (χ4n) is 2.53. The Balaban J connectivity index is 1.73. The molecule has 3 heteroatoms. The van der Waals surface area contributed by atoms with Crippen LogP contribution in [0.1, 0.15) is 0 Å². The van der Waals surface area contributed by atoms with Crippen molar-refractivity contribution >= 4 is 29.6 Å². The van der Waals surface area contributed by atoms with Crippen molar-refractivity contribution in [1.29, 1.82) is 0 Å². The average molecular weight is 270 g/mol. The van der Waals surface area contributed by atoms with Gasteiger partial charge in [-0.15, -0.1) is 0 Å². The first-order valence-corrected chi connectivity index (χ1v) is 6.97. The number of hydrogen-bond donors (Lipinski definition) is 1. The molecule has 0 atom stereocenters. The predicted molar refractivity (Wildman–Crippen MR) is 87.7 cm³/mol. The highest BCUT2D eigenvalue weighted by atomic mass is 16.5. The largest absolute Gasteiger partial charge is 0.453 e. The van der Waals surface area contributed by atoms with Crippen molar-refractivity contribution in [2.24, 2.45) is 0 Å². The molecule has 1 radical (unpaired) electrons. The van der Waals surface area contributed by atoms with Crippen LogP contribution in [0.25, 0.3) is 0 Å². The Morgan fingerprint density at radius 3 is 2.38 bits per heavy atom. The van der Waals surface area contributed by atoms with Crippen LogP contribution in [-0.2, 0) is 0 Å². The van der Waals surface area contributed by atoms with Crippen LogP contribution in [0.15, 0.2) is 72.8 Å². The quantitative estimate of drug-likeness (QED) is 0.565. The van der Waals surface area contributed by atoms with E-state index in [-0.39, 0.29) is 0 Å². The molecule has 1 aliphatic heterocycles. The molecule has 0 fully saturated rings. The molecule has 0 aromatic heterocycles. The minimum absolute atomic E-state index is 0.860. The van der Waals surface area contributed by atoms with Gasteiger partial charge in [-0.2, -0.15) is 0 Å². The van der Waals surface area contributed by atoms with E-state index in [4.69, 9.17) is 4.74 Å². The maximum Gasteiger partial charge on any atom is 0.194 e. The van der Waals surface area contributed by atoms with Gasteiger partial charge in [-0.1, -0.05) is 65.5 Å². The second-order valence-corrected chi connectivity index (χ2v) is 5.00. The number of fused-ring (bicyclic) bond motifs is 2. The smallest absolute Gasteiger partial charge is 0.194 e. The Bertz CT molecular complexity index is 786. The first kappa shape index (κ1) is 12.1. The Kier molecular flexibility index (Phi) is 2.89. The molecule has 99 valence electrons. The molecular formula is C18H13BNO. The number of hydrogen-bond acceptors (Lipinski definition) is 2. The zero-order chi connectivity index (χ0) is 14.1. The summed E-state index contributed by atoms with van der Waals surface area (Å²) in [5.41, 5.74) is 4.30. The van der Waals surface area contributed by atoms with E-state index >= 15 is 0 Å². The zero-order valence-corrected chi connectivity index (χ0v) is 11.4. The summed E-state index contributed by atoms with van der Waals surface area (Å²) in [6, 6.07) is 24.4. The molecule has 1 aliphatic rings. The lowest BCUT2D eigenvalue weighted by atomic mass is 9.63. The molecule has 1 heterocycles. The second-order valence-electron chi connectivity index (χ2n) is 5.00. The number of rotatable bonds is 2. The molecule has 0 unspecified atom stereocenters. The summed E-state index contributed by atoms with van der Waals surface area (Å²) in [4.78, 5) is 0. The third-order valence-corrected chi connectivity index (χ3v) is 3.55. The van der Waals surface area contributed by atoms with E-state index < -0.39 is 0 Å². The summed E-state index contributed by atoms with van der Waals surface area (Å²) < 4.78 is 5.97. The van der Waals surface area contributed by atoms with Gasteiger partial charge < -0.3 is 10.1 Å². The molecule has 21 heavy (non-hydrogen) atoms. The van der Waals surface area contributed by atoms with Gasteiger partial charge in [-0.05, 0) is 18.2 Å².